The molecular formula is C15H26N2O2. The fraction of sp³-hybridized carbons (Fsp3) is 0.933. The smallest absolute Gasteiger partial charge is 0.325 e. The molecule has 0 spiro atoms. The van der Waals surface area contributed by atoms with Gasteiger partial charge in [0.05, 0.1) is 0 Å². The first kappa shape index (κ1) is 13.4. The Bertz CT molecular complexity index is 335. The minimum atomic E-state index is -0.669. The summed E-state index contributed by atoms with van der Waals surface area (Å²) in [6.07, 6.45) is 10.7. The van der Waals surface area contributed by atoms with Gasteiger partial charge in [-0.1, -0.05) is 25.7 Å². The summed E-state index contributed by atoms with van der Waals surface area (Å²) in [6.45, 7) is 1.67. The molecule has 1 aliphatic heterocycles. The Balaban J connectivity index is 1.64. The van der Waals surface area contributed by atoms with Gasteiger partial charge in [-0.2, -0.15) is 0 Å². The average Bonchev–Trinajstić information content (AvgIpc) is 3.17. The summed E-state index contributed by atoms with van der Waals surface area (Å²) in [5, 5.41) is 13.2. The highest BCUT2D eigenvalue weighted by Crippen LogP contribution is 2.34. The summed E-state index contributed by atoms with van der Waals surface area (Å²) in [5.41, 5.74) is -0.669. The second-order valence-electron chi connectivity index (χ2n) is 6.67. The van der Waals surface area contributed by atoms with Crippen molar-refractivity contribution in [2.45, 2.75) is 75.4 Å². The highest BCUT2D eigenvalue weighted by atomic mass is 16.4. The largest absolute Gasteiger partial charge is 0.480 e. The van der Waals surface area contributed by atoms with E-state index < -0.39 is 11.5 Å². The van der Waals surface area contributed by atoms with Gasteiger partial charge in [-0.05, 0) is 32.1 Å². The van der Waals surface area contributed by atoms with Crippen LogP contribution in [0.4, 0.5) is 0 Å². The Hall–Kier alpha value is -0.610. The van der Waals surface area contributed by atoms with E-state index in [-0.39, 0.29) is 0 Å². The van der Waals surface area contributed by atoms with Crippen LogP contribution in [0.25, 0.3) is 0 Å². The number of rotatable bonds is 4. The van der Waals surface area contributed by atoms with E-state index in [1.165, 1.54) is 38.5 Å². The maximum atomic E-state index is 11.8. The molecular weight excluding hydrogens is 240 g/mol. The van der Waals surface area contributed by atoms with Crippen LogP contribution < -0.4 is 5.32 Å². The maximum absolute atomic E-state index is 11.8. The molecule has 0 aromatic carbocycles. The van der Waals surface area contributed by atoms with E-state index in [0.717, 1.165) is 25.8 Å². The van der Waals surface area contributed by atoms with E-state index in [4.69, 9.17) is 0 Å². The second-order valence-corrected chi connectivity index (χ2v) is 6.67. The van der Waals surface area contributed by atoms with E-state index in [0.29, 0.717) is 18.6 Å². The lowest BCUT2D eigenvalue weighted by molar-refractivity contribution is -0.144. The normalized spacial score (nSPS) is 34.3. The number of carboxylic acids is 1. The molecule has 108 valence electrons. The van der Waals surface area contributed by atoms with E-state index >= 15 is 0 Å². The first-order valence-corrected chi connectivity index (χ1v) is 7.95. The second kappa shape index (κ2) is 5.41. The van der Waals surface area contributed by atoms with Gasteiger partial charge in [0.25, 0.3) is 0 Å². The van der Waals surface area contributed by atoms with Crippen molar-refractivity contribution in [2.24, 2.45) is 0 Å². The Morgan fingerprint density at radius 2 is 1.79 bits per heavy atom. The van der Waals surface area contributed by atoms with E-state index in [2.05, 4.69) is 10.2 Å². The van der Waals surface area contributed by atoms with Crippen LogP contribution in [-0.2, 0) is 4.79 Å². The zero-order valence-electron chi connectivity index (χ0n) is 11.7. The lowest BCUT2D eigenvalue weighted by Crippen LogP contribution is -2.57. The molecule has 4 nitrogen and oxygen atoms in total. The number of nitrogens with one attached hydrogen (secondary N) is 1. The zero-order chi connectivity index (χ0) is 13.3. The zero-order valence-corrected chi connectivity index (χ0v) is 11.7. The maximum Gasteiger partial charge on any atom is 0.325 e. The summed E-state index contributed by atoms with van der Waals surface area (Å²) in [6, 6.07) is 1.09. The molecule has 0 radical (unpaired) electrons. The summed E-state index contributed by atoms with van der Waals surface area (Å²) < 4.78 is 0. The molecule has 2 N–H and O–H groups in total. The van der Waals surface area contributed by atoms with Crippen molar-refractivity contribution in [1.82, 2.24) is 10.2 Å². The standard InChI is InChI=1S/C15H26N2O2/c18-14(19)15(9-10-17(11-15)13-7-8-13)16-12-5-3-1-2-4-6-12/h12-13,16H,1-11H2,(H,18,19). The van der Waals surface area contributed by atoms with Crippen LogP contribution in [-0.4, -0.2) is 46.7 Å². The van der Waals surface area contributed by atoms with Gasteiger partial charge in [0, 0.05) is 25.2 Å². The highest BCUT2D eigenvalue weighted by molar-refractivity contribution is 5.79. The number of carbonyl (C=O) groups is 1. The summed E-state index contributed by atoms with van der Waals surface area (Å²) in [7, 11) is 0. The molecule has 3 aliphatic rings. The minimum absolute atomic E-state index is 0.415. The highest BCUT2D eigenvalue weighted by Gasteiger charge is 2.48. The third kappa shape index (κ3) is 2.95. The molecule has 1 unspecified atom stereocenters. The first-order valence-electron chi connectivity index (χ1n) is 7.95. The van der Waals surface area contributed by atoms with Crippen molar-refractivity contribution < 1.29 is 9.90 Å². The van der Waals surface area contributed by atoms with Crippen LogP contribution in [0.2, 0.25) is 0 Å². The topological polar surface area (TPSA) is 52.6 Å². The Morgan fingerprint density at radius 3 is 2.37 bits per heavy atom. The molecule has 0 amide bonds. The SMILES string of the molecule is O=C(O)C1(NC2CCCCCC2)CCN(C2CC2)C1. The Kier molecular flexibility index (Phi) is 3.81. The van der Waals surface area contributed by atoms with Gasteiger partial charge in [-0.25, -0.2) is 0 Å². The summed E-state index contributed by atoms with van der Waals surface area (Å²) >= 11 is 0. The number of aliphatic carboxylic acids is 1. The molecule has 19 heavy (non-hydrogen) atoms. The van der Waals surface area contributed by atoms with Gasteiger partial charge in [0.15, 0.2) is 0 Å². The van der Waals surface area contributed by atoms with Gasteiger partial charge >= 0.3 is 5.97 Å². The van der Waals surface area contributed by atoms with Gasteiger partial charge in [-0.15, -0.1) is 0 Å². The van der Waals surface area contributed by atoms with E-state index in [1.54, 1.807) is 0 Å². The summed E-state index contributed by atoms with van der Waals surface area (Å²) in [4.78, 5) is 14.2. The quantitative estimate of drug-likeness (QED) is 0.764. The number of nitrogens with zero attached hydrogens (tertiary/aromatic N) is 1. The monoisotopic (exact) mass is 266 g/mol. The fourth-order valence-corrected chi connectivity index (χ4v) is 3.76. The van der Waals surface area contributed by atoms with Crippen molar-refractivity contribution >= 4 is 5.97 Å². The minimum Gasteiger partial charge on any atom is -0.480 e. The fourth-order valence-electron chi connectivity index (χ4n) is 3.76. The molecule has 4 heteroatoms. The van der Waals surface area contributed by atoms with Crippen molar-refractivity contribution in [1.29, 1.82) is 0 Å². The first-order chi connectivity index (χ1) is 9.20. The van der Waals surface area contributed by atoms with Crippen LogP contribution in [0, 0.1) is 0 Å². The lowest BCUT2D eigenvalue weighted by atomic mass is 9.95. The van der Waals surface area contributed by atoms with Gasteiger partial charge in [0.2, 0.25) is 0 Å². The molecule has 1 heterocycles. The Morgan fingerprint density at radius 1 is 1.11 bits per heavy atom. The molecule has 0 aromatic rings. The molecule has 0 bridgehead atoms. The van der Waals surface area contributed by atoms with Crippen LogP contribution in [0.3, 0.4) is 0 Å². The average molecular weight is 266 g/mol. The summed E-state index contributed by atoms with van der Waals surface area (Å²) in [5.74, 6) is -0.639. The van der Waals surface area contributed by atoms with Gasteiger partial charge in [-0.3, -0.25) is 15.0 Å². The predicted molar refractivity (Wildman–Crippen MR) is 74.2 cm³/mol. The predicted octanol–water partition coefficient (Wildman–Crippen LogP) is 1.99. The van der Waals surface area contributed by atoms with Crippen LogP contribution >= 0.6 is 0 Å². The van der Waals surface area contributed by atoms with E-state index in [1.807, 2.05) is 0 Å². The number of hydrogen-bond acceptors (Lipinski definition) is 3. The van der Waals surface area contributed by atoms with Crippen LogP contribution in [0.5, 0.6) is 0 Å². The molecule has 2 aliphatic carbocycles. The van der Waals surface area contributed by atoms with Gasteiger partial charge in [0.1, 0.15) is 5.54 Å². The molecule has 3 rings (SSSR count). The van der Waals surface area contributed by atoms with Crippen molar-refractivity contribution in [2.75, 3.05) is 13.1 Å². The number of carboxylic acid groups (broad SMARTS) is 1. The third-order valence-corrected chi connectivity index (χ3v) is 5.11. The van der Waals surface area contributed by atoms with Crippen molar-refractivity contribution in [3.8, 4) is 0 Å². The van der Waals surface area contributed by atoms with Crippen molar-refractivity contribution in [3.05, 3.63) is 0 Å². The van der Waals surface area contributed by atoms with Crippen LogP contribution in [0.1, 0.15) is 57.8 Å². The van der Waals surface area contributed by atoms with E-state index in [9.17, 15) is 9.90 Å². The Labute approximate surface area is 115 Å². The van der Waals surface area contributed by atoms with Crippen molar-refractivity contribution in [3.63, 3.8) is 0 Å². The van der Waals surface area contributed by atoms with Gasteiger partial charge < -0.3 is 5.11 Å². The molecule has 1 atom stereocenters. The molecule has 3 fully saturated rings. The molecule has 1 saturated heterocycles. The number of hydrogen-bond donors (Lipinski definition) is 2. The van der Waals surface area contributed by atoms with Crippen LogP contribution in [0.15, 0.2) is 0 Å². The molecule has 0 aromatic heterocycles. The lowest BCUT2D eigenvalue weighted by Gasteiger charge is -2.31. The molecule has 2 saturated carbocycles. The number of likely N-dealkylation sites (tertiary alicyclic amines) is 1. The third-order valence-electron chi connectivity index (χ3n) is 5.11.